The first-order valence-corrected chi connectivity index (χ1v) is 14.6. The van der Waals surface area contributed by atoms with Gasteiger partial charge < -0.3 is 14.4 Å². The first kappa shape index (κ1) is 27.1. The van der Waals surface area contributed by atoms with Gasteiger partial charge in [0.1, 0.15) is 18.0 Å². The number of benzene rings is 2. The number of hydrogen-bond acceptors (Lipinski definition) is 6. The number of nitrogens with one attached hydrogen (secondary N) is 1. The lowest BCUT2D eigenvalue weighted by Crippen LogP contribution is -2.35. The maximum absolute atomic E-state index is 13.3. The van der Waals surface area contributed by atoms with E-state index in [-0.39, 0.29) is 18.1 Å². The van der Waals surface area contributed by atoms with Gasteiger partial charge in [-0.3, -0.25) is 14.5 Å². The van der Waals surface area contributed by atoms with Gasteiger partial charge in [0.2, 0.25) is 0 Å². The van der Waals surface area contributed by atoms with Gasteiger partial charge in [-0.25, -0.2) is 0 Å². The minimum absolute atomic E-state index is 0.0565. The standard InChI is InChI=1S/C29H34N4O5S/c1-20-12-13-21(2)24(16-20)29(34)32-18-27(37-3)28(19-32)38-23-9-6-8-22(17-23)31-39(35,36)33-15-7-11-26(33)25-10-4-5-14-30-25/h4-6,8-10,12-14,16-17,26-28,31H,7,11,15,18-19H2,1-3H3/t26?,27-,28-/m1/s1. The summed E-state index contributed by atoms with van der Waals surface area (Å²) in [4.78, 5) is 19.4. The summed E-state index contributed by atoms with van der Waals surface area (Å²) in [5, 5.41) is 0. The lowest BCUT2D eigenvalue weighted by molar-refractivity contribution is 0.0340. The number of aromatic nitrogens is 1. The summed E-state index contributed by atoms with van der Waals surface area (Å²) >= 11 is 0. The highest BCUT2D eigenvalue weighted by Crippen LogP contribution is 2.34. The third-order valence-corrected chi connectivity index (χ3v) is 8.89. The predicted octanol–water partition coefficient (Wildman–Crippen LogP) is 4.11. The molecule has 2 aromatic carbocycles. The molecule has 2 aliphatic heterocycles. The zero-order valence-electron chi connectivity index (χ0n) is 22.4. The lowest BCUT2D eigenvalue weighted by atomic mass is 10.0. The van der Waals surface area contributed by atoms with Crippen molar-refractivity contribution in [3.05, 3.63) is 89.2 Å². The van der Waals surface area contributed by atoms with Crippen molar-refractivity contribution >= 4 is 21.8 Å². The molecule has 0 spiro atoms. The van der Waals surface area contributed by atoms with Crippen LogP contribution in [0.2, 0.25) is 0 Å². The topological polar surface area (TPSA) is 101 Å². The summed E-state index contributed by atoms with van der Waals surface area (Å²) in [6, 6.07) is 17.9. The lowest BCUT2D eigenvalue weighted by Gasteiger charge is -2.24. The summed E-state index contributed by atoms with van der Waals surface area (Å²) < 4.78 is 42.7. The van der Waals surface area contributed by atoms with E-state index in [4.69, 9.17) is 9.47 Å². The maximum atomic E-state index is 13.3. The van der Waals surface area contributed by atoms with Crippen LogP contribution in [0.3, 0.4) is 0 Å². The van der Waals surface area contributed by atoms with Crippen molar-refractivity contribution < 1.29 is 22.7 Å². The molecule has 3 atom stereocenters. The molecule has 1 N–H and O–H groups in total. The number of carbonyl (C=O) groups is 1. The Balaban J connectivity index is 1.28. The Kier molecular flexibility index (Phi) is 7.88. The summed E-state index contributed by atoms with van der Waals surface area (Å²) in [7, 11) is -2.22. The predicted molar refractivity (Wildman–Crippen MR) is 149 cm³/mol. The van der Waals surface area contributed by atoms with Crippen LogP contribution in [0.1, 0.15) is 46.1 Å². The molecule has 2 fully saturated rings. The van der Waals surface area contributed by atoms with Gasteiger partial charge >= 0.3 is 10.2 Å². The van der Waals surface area contributed by atoms with Crippen molar-refractivity contribution in [3.63, 3.8) is 0 Å². The van der Waals surface area contributed by atoms with Crippen LogP contribution in [0.5, 0.6) is 5.75 Å². The van der Waals surface area contributed by atoms with Crippen LogP contribution in [0.15, 0.2) is 66.9 Å². The number of pyridine rings is 1. The molecule has 0 aliphatic carbocycles. The zero-order chi connectivity index (χ0) is 27.6. The minimum atomic E-state index is -3.82. The number of methoxy groups -OCH3 is 1. The first-order valence-electron chi connectivity index (χ1n) is 13.1. The molecular formula is C29H34N4O5S. The molecule has 0 saturated carbocycles. The maximum Gasteiger partial charge on any atom is 0.302 e. The van der Waals surface area contributed by atoms with E-state index < -0.39 is 16.3 Å². The van der Waals surface area contributed by atoms with E-state index in [1.54, 1.807) is 42.5 Å². The molecule has 0 radical (unpaired) electrons. The van der Waals surface area contributed by atoms with Crippen molar-refractivity contribution in [1.29, 1.82) is 0 Å². The highest BCUT2D eigenvalue weighted by atomic mass is 32.2. The average molecular weight is 551 g/mol. The second-order valence-corrected chi connectivity index (χ2v) is 11.7. The second-order valence-electron chi connectivity index (χ2n) is 10.1. The fraction of sp³-hybridized carbons (Fsp3) is 0.379. The molecule has 9 nitrogen and oxygen atoms in total. The van der Waals surface area contributed by atoms with Crippen LogP contribution in [0.25, 0.3) is 0 Å². The van der Waals surface area contributed by atoms with Gasteiger partial charge in [0.15, 0.2) is 0 Å². The van der Waals surface area contributed by atoms with Crippen LogP contribution in [0, 0.1) is 13.8 Å². The van der Waals surface area contributed by atoms with Gasteiger partial charge in [0, 0.05) is 31.5 Å². The quantitative estimate of drug-likeness (QED) is 0.453. The van der Waals surface area contributed by atoms with E-state index in [1.165, 1.54) is 4.31 Å². The average Bonchev–Trinajstić information content (AvgIpc) is 3.58. The summed E-state index contributed by atoms with van der Waals surface area (Å²) in [5.74, 6) is 0.435. The normalized spacial score (nSPS) is 21.7. The first-order chi connectivity index (χ1) is 18.7. The minimum Gasteiger partial charge on any atom is -0.486 e. The van der Waals surface area contributed by atoms with Crippen molar-refractivity contribution in [1.82, 2.24) is 14.2 Å². The molecule has 2 aliphatic rings. The summed E-state index contributed by atoms with van der Waals surface area (Å²) in [5.41, 5.74) is 3.76. The number of anilines is 1. The molecule has 39 heavy (non-hydrogen) atoms. The van der Waals surface area contributed by atoms with Crippen molar-refractivity contribution in [2.75, 3.05) is 31.5 Å². The van der Waals surface area contributed by atoms with Crippen molar-refractivity contribution in [2.45, 2.75) is 44.9 Å². The van der Waals surface area contributed by atoms with Gasteiger partial charge in [-0.05, 0) is 62.6 Å². The molecule has 5 rings (SSSR count). The van der Waals surface area contributed by atoms with Crippen LogP contribution in [-0.4, -0.2) is 67.5 Å². The molecule has 206 valence electrons. The molecule has 1 unspecified atom stereocenters. The second kappa shape index (κ2) is 11.3. The van der Waals surface area contributed by atoms with Crippen LogP contribution < -0.4 is 9.46 Å². The Hall–Kier alpha value is -3.47. The Morgan fingerprint density at radius 3 is 2.62 bits per heavy atom. The molecule has 1 aromatic heterocycles. The van der Waals surface area contributed by atoms with E-state index in [0.717, 1.165) is 29.7 Å². The summed E-state index contributed by atoms with van der Waals surface area (Å²) in [6.45, 7) is 5.09. The third kappa shape index (κ3) is 5.93. The highest BCUT2D eigenvalue weighted by Gasteiger charge is 2.38. The van der Waals surface area contributed by atoms with E-state index in [1.807, 2.05) is 50.2 Å². The van der Waals surface area contributed by atoms with Crippen LogP contribution >= 0.6 is 0 Å². The molecule has 10 heteroatoms. The van der Waals surface area contributed by atoms with Gasteiger partial charge in [-0.15, -0.1) is 0 Å². The van der Waals surface area contributed by atoms with Gasteiger partial charge in [0.25, 0.3) is 5.91 Å². The molecular weight excluding hydrogens is 516 g/mol. The van der Waals surface area contributed by atoms with Gasteiger partial charge in [0.05, 0.1) is 30.5 Å². The van der Waals surface area contributed by atoms with E-state index in [2.05, 4.69) is 9.71 Å². The Morgan fingerprint density at radius 2 is 1.85 bits per heavy atom. The molecule has 0 bridgehead atoms. The monoisotopic (exact) mass is 550 g/mol. The number of aryl methyl sites for hydroxylation is 2. The van der Waals surface area contributed by atoms with Crippen LogP contribution in [-0.2, 0) is 14.9 Å². The Morgan fingerprint density at radius 1 is 1.03 bits per heavy atom. The highest BCUT2D eigenvalue weighted by molar-refractivity contribution is 7.90. The van der Waals surface area contributed by atoms with Crippen molar-refractivity contribution in [3.8, 4) is 5.75 Å². The van der Waals surface area contributed by atoms with Crippen molar-refractivity contribution in [2.24, 2.45) is 0 Å². The molecule has 1 amide bonds. The number of likely N-dealkylation sites (tertiary alicyclic amines) is 1. The number of carbonyl (C=O) groups excluding carboxylic acids is 1. The molecule has 2 saturated heterocycles. The van der Waals surface area contributed by atoms with Gasteiger partial charge in [-0.1, -0.05) is 29.8 Å². The smallest absolute Gasteiger partial charge is 0.302 e. The number of amides is 1. The van der Waals surface area contributed by atoms with E-state index in [9.17, 15) is 13.2 Å². The number of ether oxygens (including phenoxy) is 2. The number of nitrogens with zero attached hydrogens (tertiary/aromatic N) is 3. The third-order valence-electron chi connectivity index (χ3n) is 7.34. The molecule has 3 aromatic rings. The van der Waals surface area contributed by atoms with Crippen LogP contribution in [0.4, 0.5) is 5.69 Å². The Labute approximate surface area is 229 Å². The largest absolute Gasteiger partial charge is 0.486 e. The fourth-order valence-corrected chi connectivity index (χ4v) is 6.76. The number of rotatable bonds is 8. The SMILES string of the molecule is CO[C@@H]1CN(C(=O)c2cc(C)ccc2C)C[C@H]1Oc1cccc(NS(=O)(=O)N2CCCC2c2ccccn2)c1. The Bertz CT molecular complexity index is 1430. The van der Waals surface area contributed by atoms with Gasteiger partial charge in [-0.2, -0.15) is 12.7 Å². The zero-order valence-corrected chi connectivity index (χ0v) is 23.2. The fourth-order valence-electron chi connectivity index (χ4n) is 5.30. The number of hydrogen-bond donors (Lipinski definition) is 1. The van der Waals surface area contributed by atoms with E-state index >= 15 is 0 Å². The van der Waals surface area contributed by atoms with E-state index in [0.29, 0.717) is 36.6 Å². The molecule has 3 heterocycles. The summed E-state index contributed by atoms with van der Waals surface area (Å²) in [6.07, 6.45) is 2.45.